The third-order valence-corrected chi connectivity index (χ3v) is 2.86. The van der Waals surface area contributed by atoms with Crippen LogP contribution in [-0.2, 0) is 0 Å². The van der Waals surface area contributed by atoms with Crippen molar-refractivity contribution in [2.75, 3.05) is 7.05 Å². The first-order valence-electron chi connectivity index (χ1n) is 5.97. The van der Waals surface area contributed by atoms with Crippen molar-refractivity contribution in [3.63, 3.8) is 0 Å². The second-order valence-corrected chi connectivity index (χ2v) is 4.20. The Bertz CT molecular complexity index is 778. The molecular formula is C14H9F3N2O3. The number of carboxylic acid groups (broad SMARTS) is 1. The standard InChI is InChI=1S/C14H9F3N2O3/c1-18-13(20)6-2-3-7(15)10(11(6)17)12-8(16)4-5-9(19-12)14(21)22/h2-5H,1H3,(H,18,20)(H,21,22). The molecule has 0 unspecified atom stereocenters. The monoisotopic (exact) mass is 310 g/mol. The number of nitrogens with zero attached hydrogens (tertiary/aromatic N) is 1. The maximum absolute atomic E-state index is 14.3. The second kappa shape index (κ2) is 5.84. The number of hydrogen-bond donors (Lipinski definition) is 2. The molecule has 2 N–H and O–H groups in total. The Kier molecular flexibility index (Phi) is 4.11. The Labute approximate surface area is 122 Å². The molecule has 0 aliphatic carbocycles. The molecule has 0 radical (unpaired) electrons. The van der Waals surface area contributed by atoms with Gasteiger partial charge in [-0.25, -0.2) is 22.9 Å². The molecule has 0 bridgehead atoms. The lowest BCUT2D eigenvalue weighted by molar-refractivity contribution is 0.0690. The van der Waals surface area contributed by atoms with Crippen molar-refractivity contribution in [1.29, 1.82) is 0 Å². The van der Waals surface area contributed by atoms with Crippen molar-refractivity contribution in [2.45, 2.75) is 0 Å². The predicted molar refractivity (Wildman–Crippen MR) is 69.9 cm³/mol. The summed E-state index contributed by atoms with van der Waals surface area (Å²) < 4.78 is 42.0. The molecule has 0 aliphatic rings. The molecule has 2 aromatic rings. The molecule has 1 amide bonds. The fourth-order valence-corrected chi connectivity index (χ4v) is 1.82. The predicted octanol–water partition coefficient (Wildman–Crippen LogP) is 2.22. The minimum atomic E-state index is -1.48. The summed E-state index contributed by atoms with van der Waals surface area (Å²) in [7, 11) is 1.24. The SMILES string of the molecule is CNC(=O)c1ccc(F)c(-c2nc(C(=O)O)ccc2F)c1F. The van der Waals surface area contributed by atoms with E-state index in [2.05, 4.69) is 10.3 Å². The van der Waals surface area contributed by atoms with E-state index in [0.717, 1.165) is 24.3 Å². The van der Waals surface area contributed by atoms with E-state index in [1.807, 2.05) is 0 Å². The van der Waals surface area contributed by atoms with E-state index in [4.69, 9.17) is 5.11 Å². The van der Waals surface area contributed by atoms with Crippen LogP contribution < -0.4 is 5.32 Å². The van der Waals surface area contributed by atoms with Gasteiger partial charge >= 0.3 is 5.97 Å². The Morgan fingerprint density at radius 2 is 1.73 bits per heavy atom. The summed E-state index contributed by atoms with van der Waals surface area (Å²) in [6, 6.07) is 3.26. The third kappa shape index (κ3) is 2.62. The minimum absolute atomic E-state index is 0.513. The van der Waals surface area contributed by atoms with Crippen molar-refractivity contribution in [3.8, 4) is 11.3 Å². The van der Waals surface area contributed by atoms with E-state index in [1.54, 1.807) is 0 Å². The zero-order valence-electron chi connectivity index (χ0n) is 11.2. The van der Waals surface area contributed by atoms with Crippen LogP contribution in [0.1, 0.15) is 20.8 Å². The number of carbonyl (C=O) groups is 2. The number of carboxylic acids is 1. The normalized spacial score (nSPS) is 10.4. The van der Waals surface area contributed by atoms with Crippen LogP contribution in [0.5, 0.6) is 0 Å². The number of hydrogen-bond acceptors (Lipinski definition) is 3. The molecular weight excluding hydrogens is 301 g/mol. The van der Waals surface area contributed by atoms with Crippen molar-refractivity contribution >= 4 is 11.9 Å². The van der Waals surface area contributed by atoms with Gasteiger partial charge < -0.3 is 10.4 Å². The number of rotatable bonds is 3. The van der Waals surface area contributed by atoms with E-state index < -0.39 is 51.8 Å². The molecule has 22 heavy (non-hydrogen) atoms. The topological polar surface area (TPSA) is 79.3 Å². The molecule has 8 heteroatoms. The van der Waals surface area contributed by atoms with Gasteiger partial charge in [0.15, 0.2) is 0 Å². The van der Waals surface area contributed by atoms with Crippen molar-refractivity contribution in [1.82, 2.24) is 10.3 Å². The number of nitrogens with one attached hydrogen (secondary N) is 1. The molecule has 2 rings (SSSR count). The van der Waals surface area contributed by atoms with Crippen LogP contribution in [0.25, 0.3) is 11.3 Å². The van der Waals surface area contributed by atoms with Crippen LogP contribution in [0.3, 0.4) is 0 Å². The van der Waals surface area contributed by atoms with Crippen molar-refractivity contribution in [3.05, 3.63) is 53.0 Å². The van der Waals surface area contributed by atoms with Crippen LogP contribution in [0.2, 0.25) is 0 Å². The zero-order valence-corrected chi connectivity index (χ0v) is 11.2. The maximum atomic E-state index is 14.3. The van der Waals surface area contributed by atoms with Crippen molar-refractivity contribution < 1.29 is 27.9 Å². The van der Waals surface area contributed by atoms with Crippen LogP contribution in [-0.4, -0.2) is 29.0 Å². The lowest BCUT2D eigenvalue weighted by Gasteiger charge is -2.10. The molecule has 1 aromatic heterocycles. The molecule has 0 fully saturated rings. The summed E-state index contributed by atoms with van der Waals surface area (Å²) in [5, 5.41) is 11.0. The number of aromatic carboxylic acids is 1. The number of aromatic nitrogens is 1. The molecule has 5 nitrogen and oxygen atoms in total. The lowest BCUT2D eigenvalue weighted by Crippen LogP contribution is -2.20. The number of benzene rings is 1. The molecule has 114 valence electrons. The van der Waals surface area contributed by atoms with E-state index >= 15 is 0 Å². The molecule has 0 saturated carbocycles. The fourth-order valence-electron chi connectivity index (χ4n) is 1.82. The molecule has 1 aromatic carbocycles. The number of amides is 1. The molecule has 0 saturated heterocycles. The summed E-state index contributed by atoms with van der Waals surface area (Å²) >= 11 is 0. The second-order valence-electron chi connectivity index (χ2n) is 4.20. The van der Waals surface area contributed by atoms with Gasteiger partial charge in [0, 0.05) is 7.05 Å². The molecule has 0 aliphatic heterocycles. The first kappa shape index (κ1) is 15.5. The summed E-state index contributed by atoms with van der Waals surface area (Å²) in [4.78, 5) is 25.8. The Balaban J connectivity index is 2.74. The maximum Gasteiger partial charge on any atom is 0.354 e. The largest absolute Gasteiger partial charge is 0.477 e. The summed E-state index contributed by atoms with van der Waals surface area (Å²) in [5.41, 5.74) is -2.82. The fraction of sp³-hybridized carbons (Fsp3) is 0.0714. The van der Waals surface area contributed by atoms with Crippen LogP contribution in [0.4, 0.5) is 13.2 Å². The first-order chi connectivity index (χ1) is 10.4. The average molecular weight is 310 g/mol. The van der Waals surface area contributed by atoms with E-state index in [1.165, 1.54) is 7.05 Å². The van der Waals surface area contributed by atoms with Gasteiger partial charge in [-0.2, -0.15) is 0 Å². The summed E-state index contributed by atoms with van der Waals surface area (Å²) in [6.07, 6.45) is 0. The van der Waals surface area contributed by atoms with E-state index in [9.17, 15) is 22.8 Å². The highest BCUT2D eigenvalue weighted by Gasteiger charge is 2.23. The third-order valence-electron chi connectivity index (χ3n) is 2.86. The average Bonchev–Trinajstić information content (AvgIpc) is 2.48. The highest BCUT2D eigenvalue weighted by atomic mass is 19.1. The van der Waals surface area contributed by atoms with Gasteiger partial charge in [0.1, 0.15) is 28.8 Å². The van der Waals surface area contributed by atoms with Gasteiger partial charge in [0.05, 0.1) is 11.1 Å². The quantitative estimate of drug-likeness (QED) is 0.911. The molecule has 0 spiro atoms. The van der Waals surface area contributed by atoms with Gasteiger partial charge in [-0.1, -0.05) is 0 Å². The van der Waals surface area contributed by atoms with Gasteiger partial charge in [-0.05, 0) is 24.3 Å². The lowest BCUT2D eigenvalue weighted by atomic mass is 10.0. The Morgan fingerprint density at radius 1 is 1.09 bits per heavy atom. The molecule has 0 atom stereocenters. The summed E-state index contributed by atoms with van der Waals surface area (Å²) in [6.45, 7) is 0. The van der Waals surface area contributed by atoms with Crippen LogP contribution in [0.15, 0.2) is 24.3 Å². The van der Waals surface area contributed by atoms with Gasteiger partial charge in [-0.15, -0.1) is 0 Å². The Hall–Kier alpha value is -2.90. The minimum Gasteiger partial charge on any atom is -0.477 e. The first-order valence-corrected chi connectivity index (χ1v) is 5.97. The molecule has 1 heterocycles. The highest BCUT2D eigenvalue weighted by molar-refractivity contribution is 5.95. The van der Waals surface area contributed by atoms with Gasteiger partial charge in [0.25, 0.3) is 5.91 Å². The van der Waals surface area contributed by atoms with Crippen LogP contribution in [0, 0.1) is 17.5 Å². The Morgan fingerprint density at radius 3 is 2.32 bits per heavy atom. The van der Waals surface area contributed by atoms with E-state index in [0.29, 0.717) is 0 Å². The highest BCUT2D eigenvalue weighted by Crippen LogP contribution is 2.29. The number of pyridine rings is 1. The van der Waals surface area contributed by atoms with E-state index in [-0.39, 0.29) is 0 Å². The van der Waals surface area contributed by atoms with Gasteiger partial charge in [-0.3, -0.25) is 4.79 Å². The number of halogens is 3. The smallest absolute Gasteiger partial charge is 0.354 e. The summed E-state index contributed by atoms with van der Waals surface area (Å²) in [5.74, 6) is -5.93. The number of carbonyl (C=O) groups excluding carboxylic acids is 1. The van der Waals surface area contributed by atoms with Crippen LogP contribution >= 0.6 is 0 Å². The van der Waals surface area contributed by atoms with Gasteiger partial charge in [0.2, 0.25) is 0 Å². The van der Waals surface area contributed by atoms with Crippen molar-refractivity contribution in [2.24, 2.45) is 0 Å². The zero-order chi connectivity index (χ0) is 16.4.